The van der Waals surface area contributed by atoms with Gasteiger partial charge in [-0.3, -0.25) is 4.79 Å². The highest BCUT2D eigenvalue weighted by molar-refractivity contribution is 6.34. The van der Waals surface area contributed by atoms with E-state index in [0.717, 1.165) is 0 Å². The number of rotatable bonds is 2. The first kappa shape index (κ1) is 8.83. The van der Waals surface area contributed by atoms with Gasteiger partial charge in [0.15, 0.2) is 5.78 Å². The van der Waals surface area contributed by atoms with Gasteiger partial charge in [0.2, 0.25) is 0 Å². The number of hydrogen-bond acceptors (Lipinski definition) is 1. The average molecular weight is 179 g/mol. The molecule has 0 heterocycles. The molecule has 1 rings (SSSR count). The Balaban J connectivity index is 2.97. The summed E-state index contributed by atoms with van der Waals surface area (Å²) in [5, 5.41) is 0.456. The van der Waals surface area contributed by atoms with Gasteiger partial charge in [0.25, 0.3) is 0 Å². The summed E-state index contributed by atoms with van der Waals surface area (Å²) in [6.45, 7) is 0. The van der Waals surface area contributed by atoms with Crippen LogP contribution in [0.1, 0.15) is 16.8 Å². The molecule has 0 aliphatic heterocycles. The molecule has 1 nitrogen and oxygen atoms in total. The Morgan fingerprint density at radius 1 is 1.50 bits per heavy atom. The Labute approximate surface area is 76.4 Å². The van der Waals surface area contributed by atoms with E-state index in [1.807, 2.05) is 0 Å². The van der Waals surface area contributed by atoms with Gasteiger partial charge < -0.3 is 0 Å². The third-order valence-corrected chi connectivity index (χ3v) is 1.77. The van der Waals surface area contributed by atoms with Crippen molar-refractivity contribution < 1.29 is 4.79 Å². The van der Waals surface area contributed by atoms with E-state index in [1.54, 1.807) is 24.3 Å². The van der Waals surface area contributed by atoms with Crippen LogP contribution in [-0.4, -0.2) is 5.78 Å². The molecule has 12 heavy (non-hydrogen) atoms. The highest BCUT2D eigenvalue weighted by Crippen LogP contribution is 2.16. The molecule has 0 aromatic heterocycles. The van der Waals surface area contributed by atoms with Crippen molar-refractivity contribution in [2.45, 2.75) is 6.42 Å². The number of carbonyl (C=O) groups is 1. The lowest BCUT2D eigenvalue weighted by molar-refractivity contribution is 0.0998. The topological polar surface area (TPSA) is 17.1 Å². The second-order valence-electron chi connectivity index (χ2n) is 2.28. The van der Waals surface area contributed by atoms with E-state index in [1.165, 1.54) is 0 Å². The molecule has 1 aromatic carbocycles. The van der Waals surface area contributed by atoms with E-state index < -0.39 is 0 Å². The van der Waals surface area contributed by atoms with Crippen LogP contribution in [0.5, 0.6) is 0 Å². The molecule has 0 unspecified atom stereocenters. The van der Waals surface area contributed by atoms with E-state index >= 15 is 0 Å². The number of ketones is 1. The van der Waals surface area contributed by atoms with Crippen molar-refractivity contribution in [1.29, 1.82) is 0 Å². The number of terminal acetylenes is 1. The first-order chi connectivity index (χ1) is 5.75. The normalized spacial score (nSPS) is 9.00. The zero-order valence-corrected chi connectivity index (χ0v) is 7.14. The molecule has 0 saturated heterocycles. The molecule has 0 fully saturated rings. The highest BCUT2D eigenvalue weighted by atomic mass is 35.5. The molecular weight excluding hydrogens is 172 g/mol. The fraction of sp³-hybridized carbons (Fsp3) is 0.100. The van der Waals surface area contributed by atoms with Gasteiger partial charge in [-0.15, -0.1) is 6.42 Å². The molecule has 0 aliphatic rings. The Kier molecular flexibility index (Phi) is 2.90. The summed E-state index contributed by atoms with van der Waals surface area (Å²) in [4.78, 5) is 11.2. The lowest BCUT2D eigenvalue weighted by atomic mass is 10.1. The second kappa shape index (κ2) is 3.94. The maximum atomic E-state index is 11.2. The Hall–Kier alpha value is -1.26. The summed E-state index contributed by atoms with van der Waals surface area (Å²) in [5.41, 5.74) is 0.497. The zero-order valence-electron chi connectivity index (χ0n) is 6.38. The molecule has 0 aliphatic carbocycles. The molecule has 1 aromatic rings. The van der Waals surface area contributed by atoms with Crippen molar-refractivity contribution in [3.05, 3.63) is 34.9 Å². The molecule has 0 spiro atoms. The first-order valence-corrected chi connectivity index (χ1v) is 3.84. The van der Waals surface area contributed by atoms with Gasteiger partial charge >= 0.3 is 0 Å². The quantitative estimate of drug-likeness (QED) is 0.503. The number of carbonyl (C=O) groups excluding carboxylic acids is 1. The molecule has 0 N–H and O–H groups in total. The molecular formula is C10H7ClO. The predicted molar refractivity (Wildman–Crippen MR) is 49.2 cm³/mol. The number of Topliss-reactive ketones (excluding diaryl/α,β-unsaturated/α-hetero) is 1. The van der Waals surface area contributed by atoms with Gasteiger partial charge in [-0.1, -0.05) is 29.7 Å². The summed E-state index contributed by atoms with van der Waals surface area (Å²) < 4.78 is 0. The van der Waals surface area contributed by atoms with Crippen LogP contribution < -0.4 is 0 Å². The fourth-order valence-electron chi connectivity index (χ4n) is 0.875. The SMILES string of the molecule is C#CCC(=O)c1ccccc1Cl. The minimum absolute atomic E-state index is 0.101. The maximum Gasteiger partial charge on any atom is 0.176 e. The second-order valence-corrected chi connectivity index (χ2v) is 2.69. The maximum absolute atomic E-state index is 11.2. The van der Waals surface area contributed by atoms with Crippen LogP contribution in [0.4, 0.5) is 0 Å². The number of halogens is 1. The summed E-state index contributed by atoms with van der Waals surface area (Å²) >= 11 is 5.77. The van der Waals surface area contributed by atoms with E-state index in [9.17, 15) is 4.79 Å². The van der Waals surface area contributed by atoms with Crippen LogP contribution in [-0.2, 0) is 0 Å². The minimum Gasteiger partial charge on any atom is -0.293 e. The van der Waals surface area contributed by atoms with Crippen molar-refractivity contribution in [2.24, 2.45) is 0 Å². The molecule has 0 radical (unpaired) electrons. The number of hydrogen-bond donors (Lipinski definition) is 0. The van der Waals surface area contributed by atoms with Crippen LogP contribution in [0.25, 0.3) is 0 Å². The molecule has 0 amide bonds. The van der Waals surface area contributed by atoms with Gasteiger partial charge in [-0.05, 0) is 12.1 Å². The minimum atomic E-state index is -0.108. The molecule has 0 atom stereocenters. The van der Waals surface area contributed by atoms with Gasteiger partial charge in [-0.2, -0.15) is 0 Å². The third-order valence-electron chi connectivity index (χ3n) is 1.44. The van der Waals surface area contributed by atoms with E-state index in [2.05, 4.69) is 5.92 Å². The third kappa shape index (κ3) is 1.87. The van der Waals surface area contributed by atoms with E-state index in [0.29, 0.717) is 10.6 Å². The summed E-state index contributed by atoms with van der Waals surface area (Å²) in [6.07, 6.45) is 5.10. The van der Waals surface area contributed by atoms with Crippen LogP contribution in [0.2, 0.25) is 5.02 Å². The van der Waals surface area contributed by atoms with E-state index in [-0.39, 0.29) is 12.2 Å². The van der Waals surface area contributed by atoms with Crippen molar-refractivity contribution in [3.8, 4) is 12.3 Å². The lowest BCUT2D eigenvalue weighted by Crippen LogP contribution is -1.97. The summed E-state index contributed by atoms with van der Waals surface area (Å²) in [5.74, 6) is 2.18. The van der Waals surface area contributed by atoms with Crippen molar-refractivity contribution in [3.63, 3.8) is 0 Å². The van der Waals surface area contributed by atoms with E-state index in [4.69, 9.17) is 18.0 Å². The predicted octanol–water partition coefficient (Wildman–Crippen LogP) is 2.55. The van der Waals surface area contributed by atoms with Gasteiger partial charge in [0.05, 0.1) is 11.4 Å². The largest absolute Gasteiger partial charge is 0.293 e. The smallest absolute Gasteiger partial charge is 0.176 e. The lowest BCUT2D eigenvalue weighted by Gasteiger charge is -1.98. The van der Waals surface area contributed by atoms with Gasteiger partial charge in [-0.25, -0.2) is 0 Å². The fourth-order valence-corrected chi connectivity index (χ4v) is 1.12. The molecule has 2 heteroatoms. The monoisotopic (exact) mass is 178 g/mol. The highest BCUT2D eigenvalue weighted by Gasteiger charge is 2.06. The summed E-state index contributed by atoms with van der Waals surface area (Å²) in [6, 6.07) is 6.87. The molecule has 60 valence electrons. The van der Waals surface area contributed by atoms with Crippen LogP contribution in [0, 0.1) is 12.3 Å². The summed E-state index contributed by atoms with van der Waals surface area (Å²) in [7, 11) is 0. The Morgan fingerprint density at radius 2 is 2.17 bits per heavy atom. The molecule has 0 saturated carbocycles. The Bertz CT molecular complexity index is 336. The van der Waals surface area contributed by atoms with Crippen LogP contribution >= 0.6 is 11.6 Å². The van der Waals surface area contributed by atoms with Crippen LogP contribution in [0.3, 0.4) is 0 Å². The van der Waals surface area contributed by atoms with Crippen molar-refractivity contribution in [2.75, 3.05) is 0 Å². The average Bonchev–Trinajstić information content (AvgIpc) is 2.05. The zero-order chi connectivity index (χ0) is 8.97. The van der Waals surface area contributed by atoms with Crippen molar-refractivity contribution >= 4 is 17.4 Å². The molecule has 0 bridgehead atoms. The van der Waals surface area contributed by atoms with Gasteiger partial charge in [0.1, 0.15) is 0 Å². The Morgan fingerprint density at radius 3 is 2.75 bits per heavy atom. The van der Waals surface area contributed by atoms with Gasteiger partial charge in [0, 0.05) is 5.56 Å². The van der Waals surface area contributed by atoms with Crippen molar-refractivity contribution in [1.82, 2.24) is 0 Å². The first-order valence-electron chi connectivity index (χ1n) is 3.47. The van der Waals surface area contributed by atoms with Crippen LogP contribution in [0.15, 0.2) is 24.3 Å². The number of benzene rings is 1. The standard InChI is InChI=1S/C10H7ClO/c1-2-5-10(12)8-6-3-4-7-9(8)11/h1,3-4,6-7H,5H2.